The fourth-order valence-corrected chi connectivity index (χ4v) is 2.02. The number of thiophene rings is 1. The Kier molecular flexibility index (Phi) is 3.09. The van der Waals surface area contributed by atoms with Gasteiger partial charge in [-0.1, -0.05) is 0 Å². The molecule has 1 heterocycles. The quantitative estimate of drug-likeness (QED) is 0.683. The highest BCUT2D eigenvalue weighted by Gasteiger charge is 2.13. The summed E-state index contributed by atoms with van der Waals surface area (Å²) in [7, 11) is 0. The van der Waals surface area contributed by atoms with Gasteiger partial charge in [0.25, 0.3) is 0 Å². The van der Waals surface area contributed by atoms with Crippen LogP contribution in [0.25, 0.3) is 0 Å². The predicted octanol–water partition coefficient (Wildman–Crippen LogP) is 2.93. The van der Waals surface area contributed by atoms with Crippen LogP contribution in [-0.4, -0.2) is 12.1 Å². The molecule has 0 aliphatic heterocycles. The van der Waals surface area contributed by atoms with Crippen molar-refractivity contribution in [1.82, 2.24) is 0 Å². The molecule has 0 aliphatic carbocycles. The second-order valence-corrected chi connectivity index (χ2v) is 4.74. The van der Waals surface area contributed by atoms with Crippen molar-refractivity contribution in [3.63, 3.8) is 0 Å². The third-order valence-corrected chi connectivity index (χ3v) is 2.57. The number of hydrogen-bond donors (Lipinski definition) is 0. The van der Waals surface area contributed by atoms with Crippen molar-refractivity contribution < 1.29 is 9.53 Å². The fourth-order valence-electron chi connectivity index (χ4n) is 1.11. The van der Waals surface area contributed by atoms with Crippen molar-refractivity contribution in [2.45, 2.75) is 33.8 Å². The second kappa shape index (κ2) is 3.92. The number of esters is 1. The SMILES string of the molecule is Cc1cc(C(=O)OC(C)C)c(C)s1. The van der Waals surface area contributed by atoms with E-state index in [2.05, 4.69) is 0 Å². The fraction of sp³-hybridized carbons (Fsp3) is 0.500. The van der Waals surface area contributed by atoms with Crippen molar-refractivity contribution in [3.05, 3.63) is 21.4 Å². The van der Waals surface area contributed by atoms with Crippen LogP contribution in [0.5, 0.6) is 0 Å². The Bertz CT molecular complexity index is 313. The zero-order chi connectivity index (χ0) is 10.0. The number of rotatable bonds is 2. The molecule has 0 unspecified atom stereocenters. The second-order valence-electron chi connectivity index (χ2n) is 3.28. The third kappa shape index (κ3) is 2.56. The highest BCUT2D eigenvalue weighted by atomic mass is 32.1. The van der Waals surface area contributed by atoms with Crippen LogP contribution >= 0.6 is 11.3 Å². The number of hydrogen-bond acceptors (Lipinski definition) is 3. The Labute approximate surface area is 82.5 Å². The Morgan fingerprint density at radius 3 is 2.46 bits per heavy atom. The minimum absolute atomic E-state index is 0.0490. The molecule has 0 atom stereocenters. The smallest absolute Gasteiger partial charge is 0.339 e. The van der Waals surface area contributed by atoms with Crippen molar-refractivity contribution >= 4 is 17.3 Å². The average molecular weight is 198 g/mol. The lowest BCUT2D eigenvalue weighted by atomic mass is 10.2. The van der Waals surface area contributed by atoms with Crippen LogP contribution in [0.2, 0.25) is 0 Å². The van der Waals surface area contributed by atoms with Crippen LogP contribution in [0.3, 0.4) is 0 Å². The van der Waals surface area contributed by atoms with Gasteiger partial charge in [-0.3, -0.25) is 0 Å². The van der Waals surface area contributed by atoms with E-state index in [0.717, 1.165) is 9.75 Å². The summed E-state index contributed by atoms with van der Waals surface area (Å²) in [4.78, 5) is 13.7. The largest absolute Gasteiger partial charge is 0.459 e. The lowest BCUT2D eigenvalue weighted by Crippen LogP contribution is -2.11. The van der Waals surface area contributed by atoms with E-state index in [-0.39, 0.29) is 12.1 Å². The molecule has 1 rings (SSSR count). The van der Waals surface area contributed by atoms with Crippen molar-refractivity contribution in [2.75, 3.05) is 0 Å². The van der Waals surface area contributed by atoms with Gasteiger partial charge in [-0.25, -0.2) is 4.79 Å². The molecule has 0 N–H and O–H groups in total. The molecular weight excluding hydrogens is 184 g/mol. The monoisotopic (exact) mass is 198 g/mol. The summed E-state index contributed by atoms with van der Waals surface area (Å²) in [6, 6.07) is 1.88. The third-order valence-electron chi connectivity index (χ3n) is 1.60. The topological polar surface area (TPSA) is 26.3 Å². The highest BCUT2D eigenvalue weighted by Crippen LogP contribution is 2.21. The molecule has 0 fully saturated rings. The van der Waals surface area contributed by atoms with E-state index in [1.807, 2.05) is 33.8 Å². The van der Waals surface area contributed by atoms with Crippen molar-refractivity contribution in [2.24, 2.45) is 0 Å². The van der Waals surface area contributed by atoms with Gasteiger partial charge in [0.1, 0.15) is 0 Å². The maximum absolute atomic E-state index is 11.5. The molecule has 0 amide bonds. The van der Waals surface area contributed by atoms with Gasteiger partial charge in [0.15, 0.2) is 0 Å². The number of ether oxygens (including phenoxy) is 1. The Morgan fingerprint density at radius 1 is 1.46 bits per heavy atom. The van der Waals surface area contributed by atoms with Gasteiger partial charge in [-0.2, -0.15) is 0 Å². The molecule has 0 saturated heterocycles. The molecule has 0 aliphatic rings. The minimum atomic E-state index is -0.211. The van der Waals surface area contributed by atoms with E-state index in [9.17, 15) is 4.79 Å². The number of carbonyl (C=O) groups is 1. The molecule has 0 radical (unpaired) electrons. The maximum atomic E-state index is 11.5. The van der Waals surface area contributed by atoms with Gasteiger partial charge in [-0.05, 0) is 33.8 Å². The molecule has 1 aromatic heterocycles. The van der Waals surface area contributed by atoms with Gasteiger partial charge < -0.3 is 4.74 Å². The first kappa shape index (κ1) is 10.3. The highest BCUT2D eigenvalue weighted by molar-refractivity contribution is 7.12. The Morgan fingerprint density at radius 2 is 2.08 bits per heavy atom. The summed E-state index contributed by atoms with van der Waals surface area (Å²) in [5.41, 5.74) is 0.705. The molecule has 3 heteroatoms. The summed E-state index contributed by atoms with van der Waals surface area (Å²) < 4.78 is 5.10. The molecular formula is C10H14O2S. The van der Waals surface area contributed by atoms with E-state index in [1.54, 1.807) is 11.3 Å². The lowest BCUT2D eigenvalue weighted by molar-refractivity contribution is 0.0378. The van der Waals surface area contributed by atoms with Gasteiger partial charge in [-0.15, -0.1) is 11.3 Å². The first-order chi connectivity index (χ1) is 6.00. The number of carbonyl (C=O) groups excluding carboxylic acids is 1. The van der Waals surface area contributed by atoms with Crippen LogP contribution in [0.1, 0.15) is 34.0 Å². The van der Waals surface area contributed by atoms with Crippen LogP contribution in [-0.2, 0) is 4.74 Å². The zero-order valence-corrected chi connectivity index (χ0v) is 9.20. The summed E-state index contributed by atoms with van der Waals surface area (Å²) in [6.45, 7) is 7.64. The standard InChI is InChI=1S/C10H14O2S/c1-6(2)12-10(11)9-5-7(3)13-8(9)4/h5-6H,1-4H3. The summed E-state index contributed by atoms with van der Waals surface area (Å²) in [6.07, 6.45) is -0.0490. The van der Waals surface area contributed by atoms with Crippen LogP contribution in [0.15, 0.2) is 6.07 Å². The normalized spacial score (nSPS) is 10.5. The molecule has 72 valence electrons. The van der Waals surface area contributed by atoms with Gasteiger partial charge in [0.05, 0.1) is 11.7 Å². The van der Waals surface area contributed by atoms with E-state index in [1.165, 1.54) is 0 Å². The van der Waals surface area contributed by atoms with Crippen molar-refractivity contribution in [1.29, 1.82) is 0 Å². The van der Waals surface area contributed by atoms with Gasteiger partial charge >= 0.3 is 5.97 Å². The Hall–Kier alpha value is -0.830. The van der Waals surface area contributed by atoms with Gasteiger partial charge in [0, 0.05) is 9.75 Å². The molecule has 0 aromatic carbocycles. The summed E-state index contributed by atoms with van der Waals surface area (Å²) in [5, 5.41) is 0. The Balaban J connectivity index is 2.82. The van der Waals surface area contributed by atoms with E-state index < -0.39 is 0 Å². The molecule has 0 bridgehead atoms. The van der Waals surface area contributed by atoms with Crippen molar-refractivity contribution in [3.8, 4) is 0 Å². The predicted molar refractivity (Wildman–Crippen MR) is 54.3 cm³/mol. The number of aryl methyl sites for hydroxylation is 2. The van der Waals surface area contributed by atoms with Gasteiger partial charge in [0.2, 0.25) is 0 Å². The van der Waals surface area contributed by atoms with Crippen LogP contribution in [0.4, 0.5) is 0 Å². The first-order valence-corrected chi connectivity index (χ1v) is 5.10. The maximum Gasteiger partial charge on any atom is 0.339 e. The molecule has 1 aromatic rings. The molecule has 2 nitrogen and oxygen atoms in total. The van der Waals surface area contributed by atoms with E-state index >= 15 is 0 Å². The average Bonchev–Trinajstić information content (AvgIpc) is 2.28. The summed E-state index contributed by atoms with van der Waals surface area (Å²) >= 11 is 1.62. The first-order valence-electron chi connectivity index (χ1n) is 4.28. The van der Waals surface area contributed by atoms with Crippen LogP contribution in [0, 0.1) is 13.8 Å². The molecule has 0 saturated carbocycles. The lowest BCUT2D eigenvalue weighted by Gasteiger charge is -2.06. The molecule has 0 spiro atoms. The molecule has 13 heavy (non-hydrogen) atoms. The summed E-state index contributed by atoms with van der Waals surface area (Å²) in [5.74, 6) is -0.211. The minimum Gasteiger partial charge on any atom is -0.459 e. The van der Waals surface area contributed by atoms with Crippen LogP contribution < -0.4 is 0 Å². The van der Waals surface area contributed by atoms with E-state index in [4.69, 9.17) is 4.74 Å². The zero-order valence-electron chi connectivity index (χ0n) is 8.38. The van der Waals surface area contributed by atoms with E-state index in [0.29, 0.717) is 5.56 Å².